The van der Waals surface area contributed by atoms with Crippen molar-refractivity contribution >= 4 is 5.97 Å². The van der Waals surface area contributed by atoms with E-state index in [0.717, 1.165) is 19.3 Å². The molecule has 2 aliphatic rings. The fraction of sp³-hybridized carbons (Fsp3) is 0.667. The van der Waals surface area contributed by atoms with Gasteiger partial charge in [-0.3, -0.25) is 0 Å². The van der Waals surface area contributed by atoms with E-state index in [0.29, 0.717) is 12.2 Å². The van der Waals surface area contributed by atoms with Gasteiger partial charge in [-0.15, -0.1) is 0 Å². The normalized spacial score (nSPS) is 38.2. The van der Waals surface area contributed by atoms with Gasteiger partial charge in [-0.1, -0.05) is 6.58 Å². The van der Waals surface area contributed by atoms with Crippen molar-refractivity contribution in [3.8, 4) is 0 Å². The molecule has 0 spiro atoms. The van der Waals surface area contributed by atoms with Crippen LogP contribution in [0, 0.1) is 0 Å². The fourth-order valence-corrected chi connectivity index (χ4v) is 1.69. The molecule has 66 valence electrons. The highest BCUT2D eigenvalue weighted by molar-refractivity contribution is 5.81. The summed E-state index contributed by atoms with van der Waals surface area (Å²) in [4.78, 5) is 10.8. The second kappa shape index (κ2) is 2.90. The minimum absolute atomic E-state index is 0.0549. The molecule has 0 N–H and O–H groups in total. The first-order valence-electron chi connectivity index (χ1n) is 4.28. The van der Waals surface area contributed by atoms with E-state index in [1.807, 2.05) is 0 Å². The first-order chi connectivity index (χ1) is 5.79. The molecule has 0 aromatic carbocycles. The molecule has 1 saturated carbocycles. The van der Waals surface area contributed by atoms with Crippen molar-refractivity contribution in [2.24, 2.45) is 0 Å². The van der Waals surface area contributed by atoms with Gasteiger partial charge in [0.1, 0.15) is 6.10 Å². The summed E-state index contributed by atoms with van der Waals surface area (Å²) in [5.41, 5.74) is 0. The van der Waals surface area contributed by atoms with Crippen LogP contribution in [0.1, 0.15) is 19.3 Å². The average Bonchev–Trinajstić information content (AvgIpc) is 2.82. The number of ether oxygens (including phenoxy) is 2. The molecule has 2 unspecified atom stereocenters. The maximum absolute atomic E-state index is 10.8. The Morgan fingerprint density at radius 3 is 3.00 bits per heavy atom. The van der Waals surface area contributed by atoms with Crippen molar-refractivity contribution in [2.45, 2.75) is 37.6 Å². The van der Waals surface area contributed by atoms with Crippen LogP contribution in [0.3, 0.4) is 0 Å². The largest absolute Gasteiger partial charge is 0.459 e. The molecule has 1 aliphatic heterocycles. The maximum Gasteiger partial charge on any atom is 0.330 e. The van der Waals surface area contributed by atoms with Crippen molar-refractivity contribution in [1.82, 2.24) is 0 Å². The molecule has 0 radical (unpaired) electrons. The summed E-state index contributed by atoms with van der Waals surface area (Å²) in [6, 6.07) is 0. The Kier molecular flexibility index (Phi) is 1.89. The number of hydrogen-bond donors (Lipinski definition) is 0. The average molecular weight is 168 g/mol. The second-order valence-electron chi connectivity index (χ2n) is 3.29. The minimum Gasteiger partial charge on any atom is -0.459 e. The highest BCUT2D eigenvalue weighted by atomic mass is 16.6. The summed E-state index contributed by atoms with van der Waals surface area (Å²) in [5, 5.41) is 0. The van der Waals surface area contributed by atoms with Gasteiger partial charge in [0.15, 0.2) is 0 Å². The fourth-order valence-electron chi connectivity index (χ4n) is 1.69. The molecule has 12 heavy (non-hydrogen) atoms. The Morgan fingerprint density at radius 2 is 2.33 bits per heavy atom. The smallest absolute Gasteiger partial charge is 0.330 e. The van der Waals surface area contributed by atoms with Gasteiger partial charge < -0.3 is 9.47 Å². The summed E-state index contributed by atoms with van der Waals surface area (Å²) >= 11 is 0. The number of esters is 1. The van der Waals surface area contributed by atoms with E-state index < -0.39 is 0 Å². The second-order valence-corrected chi connectivity index (χ2v) is 3.29. The quantitative estimate of drug-likeness (QED) is 0.351. The van der Waals surface area contributed by atoms with Crippen LogP contribution < -0.4 is 0 Å². The van der Waals surface area contributed by atoms with Crippen LogP contribution in [0.4, 0.5) is 0 Å². The third-order valence-corrected chi connectivity index (χ3v) is 2.41. The number of hydrogen-bond acceptors (Lipinski definition) is 3. The molecular formula is C9H12O3. The maximum atomic E-state index is 10.8. The number of rotatable bonds is 2. The first-order valence-corrected chi connectivity index (χ1v) is 4.28. The van der Waals surface area contributed by atoms with Crippen molar-refractivity contribution in [1.29, 1.82) is 0 Å². The molecular weight excluding hydrogens is 156 g/mol. The zero-order chi connectivity index (χ0) is 8.55. The Morgan fingerprint density at radius 1 is 1.50 bits per heavy atom. The van der Waals surface area contributed by atoms with Crippen molar-refractivity contribution < 1.29 is 14.3 Å². The molecule has 1 aliphatic carbocycles. The van der Waals surface area contributed by atoms with E-state index in [-0.39, 0.29) is 12.1 Å². The predicted octanol–water partition coefficient (Wildman–Crippen LogP) is 1.04. The number of epoxide rings is 1. The summed E-state index contributed by atoms with van der Waals surface area (Å²) in [5.74, 6) is -0.320. The van der Waals surface area contributed by atoms with Crippen molar-refractivity contribution in [2.75, 3.05) is 0 Å². The van der Waals surface area contributed by atoms with Gasteiger partial charge in [0.05, 0.1) is 12.2 Å². The van der Waals surface area contributed by atoms with Gasteiger partial charge in [-0.25, -0.2) is 4.79 Å². The standard InChI is InChI=1S/C9H12O3/c1-2-9(10)11-6-3-4-7-8(5-6)12-7/h2,6-8H,1,3-5H2/t6-,7?,8?/m1/s1. The Labute approximate surface area is 71.3 Å². The molecule has 3 atom stereocenters. The van der Waals surface area contributed by atoms with Crippen LogP contribution in [0.2, 0.25) is 0 Å². The van der Waals surface area contributed by atoms with Gasteiger partial charge in [0.2, 0.25) is 0 Å². The lowest BCUT2D eigenvalue weighted by Crippen LogP contribution is -2.23. The van der Waals surface area contributed by atoms with Crippen molar-refractivity contribution in [3.63, 3.8) is 0 Å². The summed E-state index contributed by atoms with van der Waals surface area (Å²) in [6.07, 6.45) is 4.91. The van der Waals surface area contributed by atoms with Crippen molar-refractivity contribution in [3.05, 3.63) is 12.7 Å². The summed E-state index contributed by atoms with van der Waals surface area (Å²) in [6.45, 7) is 3.35. The Bertz CT molecular complexity index is 212. The molecule has 1 saturated heterocycles. The van der Waals surface area contributed by atoms with Gasteiger partial charge in [-0.05, 0) is 12.8 Å². The first kappa shape index (κ1) is 7.80. The molecule has 0 aromatic rings. The van der Waals surface area contributed by atoms with E-state index in [2.05, 4.69) is 6.58 Å². The van der Waals surface area contributed by atoms with Crippen LogP contribution in [-0.2, 0) is 14.3 Å². The molecule has 0 aromatic heterocycles. The number of fused-ring (bicyclic) bond motifs is 1. The molecule has 2 rings (SSSR count). The topological polar surface area (TPSA) is 38.8 Å². The van der Waals surface area contributed by atoms with Gasteiger partial charge in [0.25, 0.3) is 0 Å². The number of carbonyl (C=O) groups excluding carboxylic acids is 1. The van der Waals surface area contributed by atoms with E-state index in [1.165, 1.54) is 6.08 Å². The van der Waals surface area contributed by atoms with Crippen LogP contribution in [0.5, 0.6) is 0 Å². The van der Waals surface area contributed by atoms with Gasteiger partial charge in [-0.2, -0.15) is 0 Å². The molecule has 0 amide bonds. The van der Waals surface area contributed by atoms with Crippen LogP contribution in [0.25, 0.3) is 0 Å². The summed E-state index contributed by atoms with van der Waals surface area (Å²) < 4.78 is 10.4. The lowest BCUT2D eigenvalue weighted by Gasteiger charge is -2.18. The third-order valence-electron chi connectivity index (χ3n) is 2.41. The monoisotopic (exact) mass is 168 g/mol. The van der Waals surface area contributed by atoms with E-state index in [1.54, 1.807) is 0 Å². The van der Waals surface area contributed by atoms with E-state index in [4.69, 9.17) is 9.47 Å². The van der Waals surface area contributed by atoms with Crippen LogP contribution >= 0.6 is 0 Å². The van der Waals surface area contributed by atoms with Gasteiger partial charge >= 0.3 is 5.97 Å². The Balaban J connectivity index is 1.80. The highest BCUT2D eigenvalue weighted by Crippen LogP contribution is 2.37. The van der Waals surface area contributed by atoms with Crippen LogP contribution in [-0.4, -0.2) is 24.3 Å². The molecule has 3 nitrogen and oxygen atoms in total. The van der Waals surface area contributed by atoms with Crippen LogP contribution in [0.15, 0.2) is 12.7 Å². The molecule has 3 heteroatoms. The minimum atomic E-state index is -0.320. The van der Waals surface area contributed by atoms with Gasteiger partial charge in [0, 0.05) is 12.5 Å². The SMILES string of the molecule is C=CC(=O)O[C@@H]1CCC2OC2C1. The lowest BCUT2D eigenvalue weighted by atomic mass is 9.98. The zero-order valence-corrected chi connectivity index (χ0v) is 6.86. The molecule has 1 heterocycles. The predicted molar refractivity (Wildman–Crippen MR) is 42.6 cm³/mol. The van der Waals surface area contributed by atoms with E-state index >= 15 is 0 Å². The third kappa shape index (κ3) is 1.50. The lowest BCUT2D eigenvalue weighted by molar-refractivity contribution is -0.144. The van der Waals surface area contributed by atoms with E-state index in [9.17, 15) is 4.79 Å². The summed E-state index contributed by atoms with van der Waals surface area (Å²) in [7, 11) is 0. The highest BCUT2D eigenvalue weighted by Gasteiger charge is 2.44. The molecule has 2 fully saturated rings. The molecule has 0 bridgehead atoms. The number of carbonyl (C=O) groups is 1. The Hall–Kier alpha value is -0.830. The zero-order valence-electron chi connectivity index (χ0n) is 6.86.